The number of amides is 2. The molecule has 38 heavy (non-hydrogen) atoms. The Labute approximate surface area is 242 Å². The first-order valence-electron chi connectivity index (χ1n) is 13.2. The molecule has 2 heterocycles. The number of nitrogens with zero attached hydrogens (tertiary/aromatic N) is 3. The van der Waals surface area contributed by atoms with Gasteiger partial charge in [-0.25, -0.2) is 0 Å². The van der Waals surface area contributed by atoms with E-state index in [1.54, 1.807) is 11.8 Å². The first kappa shape index (κ1) is 31.1. The number of thioether (sulfide) groups is 1. The SMILES string of the molecule is C=C[I-]/C(C)=C(\SC)c1ccc(CNC(=O)[C@H]2C[C@H](O)CN2C(=O)[C@@H](C)NCCN2CCN(C)CC2)cc1. The van der Waals surface area contributed by atoms with Gasteiger partial charge in [-0.1, -0.05) is 0 Å². The molecule has 10 heteroatoms. The molecule has 2 aliphatic rings. The summed E-state index contributed by atoms with van der Waals surface area (Å²) in [6.07, 6.45) is 1.66. The number of likely N-dealkylation sites (tertiary alicyclic amines) is 1. The van der Waals surface area contributed by atoms with Crippen molar-refractivity contribution >= 4 is 28.5 Å². The number of β-amino-alcohol motifs (C(OH)–C–C–N with tert-alkyl or cyclic N) is 1. The number of rotatable bonds is 12. The number of hydrogen-bond acceptors (Lipinski definition) is 7. The van der Waals surface area contributed by atoms with Crippen LogP contribution < -0.4 is 31.8 Å². The summed E-state index contributed by atoms with van der Waals surface area (Å²) in [6.45, 7) is 14.3. The molecule has 1 aromatic rings. The molecule has 8 nitrogen and oxygen atoms in total. The van der Waals surface area contributed by atoms with Crippen LogP contribution in [0.5, 0.6) is 0 Å². The Morgan fingerprint density at radius 3 is 2.55 bits per heavy atom. The monoisotopic (exact) mass is 656 g/mol. The van der Waals surface area contributed by atoms with Crippen LogP contribution >= 0.6 is 11.8 Å². The van der Waals surface area contributed by atoms with Crippen LogP contribution in [0.25, 0.3) is 4.91 Å². The Balaban J connectivity index is 1.51. The number of carbonyl (C=O) groups excluding carboxylic acids is 2. The third-order valence-corrected chi connectivity index (χ3v) is 10.4. The molecule has 2 fully saturated rings. The molecular formula is C28H43IN5O3S-. The van der Waals surface area contributed by atoms with Crippen LogP contribution in [0.1, 0.15) is 31.4 Å². The van der Waals surface area contributed by atoms with Crippen LogP contribution in [0.15, 0.2) is 38.5 Å². The molecule has 3 atom stereocenters. The van der Waals surface area contributed by atoms with Gasteiger partial charge in [0.2, 0.25) is 0 Å². The van der Waals surface area contributed by atoms with Crippen LogP contribution in [0.3, 0.4) is 0 Å². The second-order valence-electron chi connectivity index (χ2n) is 9.96. The maximum absolute atomic E-state index is 13.2. The van der Waals surface area contributed by atoms with Gasteiger partial charge in [-0.2, -0.15) is 0 Å². The molecule has 3 rings (SSSR count). The van der Waals surface area contributed by atoms with Crippen LogP contribution in [-0.2, 0) is 16.1 Å². The molecule has 0 aliphatic carbocycles. The molecule has 1 aromatic carbocycles. The van der Waals surface area contributed by atoms with Gasteiger partial charge in [0.15, 0.2) is 0 Å². The van der Waals surface area contributed by atoms with Gasteiger partial charge in [0.1, 0.15) is 0 Å². The molecule has 0 bridgehead atoms. The standard InChI is InChI=1S/C28H43IN5O3S/c1-6-29-20(2)26(38-5)23-9-7-22(8-10-23)18-31-27(36)25-17-24(35)19-34(25)28(37)21(3)30-11-12-33-15-13-32(4)14-16-33/h6-10,21,24-25,30,35H,1,11-19H2,2-5H3,(H,31,36)/q-1/b26-20-/t21-,24+,25-/m1/s1. The molecule has 0 unspecified atom stereocenters. The molecule has 0 aromatic heterocycles. The number of likely N-dealkylation sites (N-methyl/N-ethyl adjacent to an activating group) is 1. The molecule has 212 valence electrons. The third kappa shape index (κ3) is 8.79. The van der Waals surface area contributed by atoms with E-state index in [0.29, 0.717) is 13.1 Å². The fourth-order valence-electron chi connectivity index (χ4n) is 4.86. The van der Waals surface area contributed by atoms with E-state index in [1.807, 2.05) is 23.1 Å². The Hall–Kier alpha value is -1.44. The van der Waals surface area contributed by atoms with Gasteiger partial charge in [0.25, 0.3) is 0 Å². The average molecular weight is 657 g/mol. The van der Waals surface area contributed by atoms with Crippen LogP contribution in [0.4, 0.5) is 0 Å². The van der Waals surface area contributed by atoms with E-state index < -0.39 is 18.2 Å². The summed E-state index contributed by atoms with van der Waals surface area (Å²) in [6, 6.07) is 7.17. The van der Waals surface area contributed by atoms with E-state index in [2.05, 4.69) is 59.4 Å². The predicted octanol–water partition coefficient (Wildman–Crippen LogP) is -1.23. The molecule has 2 amide bonds. The van der Waals surface area contributed by atoms with Crippen molar-refractivity contribution in [1.29, 1.82) is 0 Å². The zero-order valence-electron chi connectivity index (χ0n) is 23.1. The van der Waals surface area contributed by atoms with Crippen molar-refractivity contribution < 1.29 is 35.9 Å². The fourth-order valence-corrected chi connectivity index (χ4v) is 7.72. The van der Waals surface area contributed by atoms with E-state index in [4.69, 9.17) is 0 Å². The van der Waals surface area contributed by atoms with Gasteiger partial charge in [-0.15, -0.1) is 0 Å². The topological polar surface area (TPSA) is 88.1 Å². The summed E-state index contributed by atoms with van der Waals surface area (Å²) < 4.78 is 3.41. The first-order valence-corrected chi connectivity index (χ1v) is 16.8. The van der Waals surface area contributed by atoms with Crippen molar-refractivity contribution in [2.75, 3.05) is 59.1 Å². The maximum atomic E-state index is 13.2. The number of hydrogen-bond donors (Lipinski definition) is 3. The molecular weight excluding hydrogens is 613 g/mol. The van der Waals surface area contributed by atoms with Crippen molar-refractivity contribution in [3.8, 4) is 0 Å². The van der Waals surface area contributed by atoms with Crippen LogP contribution in [-0.4, -0.2) is 109 Å². The van der Waals surface area contributed by atoms with Gasteiger partial charge in [-0.05, 0) is 14.0 Å². The molecule has 0 saturated carbocycles. The van der Waals surface area contributed by atoms with Gasteiger partial charge in [-0.3, -0.25) is 9.69 Å². The van der Waals surface area contributed by atoms with Crippen molar-refractivity contribution in [2.45, 2.75) is 45.0 Å². The van der Waals surface area contributed by atoms with Crippen molar-refractivity contribution in [3.63, 3.8) is 0 Å². The van der Waals surface area contributed by atoms with Crippen LogP contribution in [0.2, 0.25) is 0 Å². The molecule has 0 spiro atoms. The zero-order chi connectivity index (χ0) is 27.7. The molecule has 3 N–H and O–H groups in total. The second-order valence-corrected chi connectivity index (χ2v) is 13.9. The number of piperazine rings is 1. The quantitative estimate of drug-likeness (QED) is 0.243. The minimum absolute atomic E-state index is 0.140. The number of benzene rings is 1. The number of carbonyl (C=O) groups is 2. The summed E-state index contributed by atoms with van der Waals surface area (Å²) >= 11 is 1.59. The fraction of sp³-hybridized carbons (Fsp3) is 0.571. The van der Waals surface area contributed by atoms with Gasteiger partial charge in [0.05, 0.1) is 6.04 Å². The van der Waals surface area contributed by atoms with E-state index in [0.717, 1.165) is 38.3 Å². The number of aliphatic hydroxyl groups excluding tert-OH is 1. The third-order valence-electron chi connectivity index (χ3n) is 7.15. The summed E-state index contributed by atoms with van der Waals surface area (Å²) in [5, 5.41) is 16.6. The normalized spacial score (nSPS) is 22.3. The zero-order valence-corrected chi connectivity index (χ0v) is 26.1. The number of halogens is 1. The summed E-state index contributed by atoms with van der Waals surface area (Å²) in [5.74, 6) is -0.363. The van der Waals surface area contributed by atoms with E-state index in [9.17, 15) is 14.7 Å². The minimum atomic E-state index is -0.690. The van der Waals surface area contributed by atoms with Gasteiger partial charge in [0, 0.05) is 39.3 Å². The number of nitrogens with one attached hydrogen (secondary N) is 2. The number of aliphatic hydroxyl groups is 1. The first-order chi connectivity index (χ1) is 18.2. The van der Waals surface area contributed by atoms with Crippen molar-refractivity contribution in [3.05, 3.63) is 49.6 Å². The second kappa shape index (κ2) is 15.4. The van der Waals surface area contributed by atoms with E-state index in [-0.39, 0.29) is 46.0 Å². The van der Waals surface area contributed by atoms with Crippen molar-refractivity contribution in [1.82, 2.24) is 25.3 Å². The Bertz CT molecular complexity index is 981. The van der Waals surface area contributed by atoms with E-state index >= 15 is 0 Å². The summed E-state index contributed by atoms with van der Waals surface area (Å²) in [5.41, 5.74) is 2.17. The van der Waals surface area contributed by atoms with Crippen LogP contribution in [0, 0.1) is 0 Å². The van der Waals surface area contributed by atoms with E-state index in [1.165, 1.54) is 18.9 Å². The Morgan fingerprint density at radius 2 is 1.92 bits per heavy atom. The Morgan fingerprint density at radius 1 is 1.24 bits per heavy atom. The summed E-state index contributed by atoms with van der Waals surface area (Å²) in [7, 11) is 2.14. The Kier molecular flexibility index (Phi) is 12.6. The predicted molar refractivity (Wildman–Crippen MR) is 152 cm³/mol. The molecule has 2 saturated heterocycles. The molecule has 2 aliphatic heterocycles. The van der Waals surface area contributed by atoms with Gasteiger partial charge >= 0.3 is 159 Å². The molecule has 0 radical (unpaired) electrons. The van der Waals surface area contributed by atoms with Crippen molar-refractivity contribution in [2.24, 2.45) is 0 Å². The summed E-state index contributed by atoms with van der Waals surface area (Å²) in [4.78, 5) is 33.8. The van der Waals surface area contributed by atoms with Gasteiger partial charge < -0.3 is 15.3 Å². The number of allylic oxidation sites excluding steroid dienone is 1. The average Bonchev–Trinajstić information content (AvgIpc) is 3.31.